The minimum absolute atomic E-state index is 0. The molecule has 5 heteroatoms. The van der Waals surface area contributed by atoms with E-state index in [4.69, 9.17) is 9.31 Å². The summed E-state index contributed by atoms with van der Waals surface area (Å²) in [7, 11) is -0.271. The molecule has 0 bridgehead atoms. The largest absolute Gasteiger partial charge is 0.494 e. The molecule has 3 nitrogen and oxygen atoms in total. The summed E-state index contributed by atoms with van der Waals surface area (Å²) < 4.78 is 12.1. The minimum Gasteiger partial charge on any atom is -0.399 e. The molecule has 1 aliphatic heterocycles. The maximum absolute atomic E-state index is 6.06. The van der Waals surface area contributed by atoms with Crippen molar-refractivity contribution in [3.05, 3.63) is 29.8 Å². The van der Waals surface area contributed by atoms with Crippen LogP contribution in [0.25, 0.3) is 0 Å². The van der Waals surface area contributed by atoms with Crippen LogP contribution in [0.15, 0.2) is 24.3 Å². The van der Waals surface area contributed by atoms with Gasteiger partial charge in [-0.25, -0.2) is 0 Å². The highest BCUT2D eigenvalue weighted by Gasteiger charge is 2.51. The van der Waals surface area contributed by atoms with Crippen LogP contribution in [0.2, 0.25) is 0 Å². The molecule has 124 valence electrons. The SMILES string of the molecule is CC(C)CNCc1ccc(B2OC(C)(C)C(C)(C)O2)cc1.Cl. The summed E-state index contributed by atoms with van der Waals surface area (Å²) in [5.41, 5.74) is 1.81. The van der Waals surface area contributed by atoms with Crippen LogP contribution < -0.4 is 10.8 Å². The van der Waals surface area contributed by atoms with E-state index in [9.17, 15) is 0 Å². The van der Waals surface area contributed by atoms with Gasteiger partial charge in [0.1, 0.15) is 0 Å². The van der Waals surface area contributed by atoms with Crippen molar-refractivity contribution < 1.29 is 9.31 Å². The van der Waals surface area contributed by atoms with E-state index < -0.39 is 0 Å². The first-order valence-corrected chi connectivity index (χ1v) is 7.86. The van der Waals surface area contributed by atoms with Crippen LogP contribution in [0, 0.1) is 5.92 Å². The van der Waals surface area contributed by atoms with Gasteiger partial charge in [0.2, 0.25) is 0 Å². The summed E-state index contributed by atoms with van der Waals surface area (Å²) in [5.74, 6) is 0.675. The molecular weight excluding hydrogens is 296 g/mol. The van der Waals surface area contributed by atoms with Crippen molar-refractivity contribution in [1.82, 2.24) is 5.32 Å². The first-order valence-electron chi connectivity index (χ1n) is 7.86. The van der Waals surface area contributed by atoms with Crippen LogP contribution in [0.1, 0.15) is 47.1 Å². The molecule has 1 heterocycles. The van der Waals surface area contributed by atoms with Crippen molar-refractivity contribution in [2.24, 2.45) is 5.92 Å². The summed E-state index contributed by atoms with van der Waals surface area (Å²) in [6, 6.07) is 8.50. The normalized spacial score (nSPS) is 19.3. The van der Waals surface area contributed by atoms with Gasteiger partial charge in [-0.2, -0.15) is 0 Å². The van der Waals surface area contributed by atoms with E-state index >= 15 is 0 Å². The Kier molecular flexibility index (Phi) is 6.52. The summed E-state index contributed by atoms with van der Waals surface area (Å²) in [5, 5.41) is 3.45. The monoisotopic (exact) mass is 325 g/mol. The van der Waals surface area contributed by atoms with Crippen molar-refractivity contribution in [3.63, 3.8) is 0 Å². The molecule has 1 aromatic carbocycles. The van der Waals surface area contributed by atoms with Gasteiger partial charge in [-0.15, -0.1) is 12.4 Å². The summed E-state index contributed by atoms with van der Waals surface area (Å²) in [6.07, 6.45) is 0. The molecule has 1 fully saturated rings. The van der Waals surface area contributed by atoms with E-state index in [0.717, 1.165) is 18.6 Å². The molecular formula is C17H29BClNO2. The molecule has 0 aromatic heterocycles. The lowest BCUT2D eigenvalue weighted by Gasteiger charge is -2.32. The van der Waals surface area contributed by atoms with Gasteiger partial charge in [0.15, 0.2) is 0 Å². The maximum Gasteiger partial charge on any atom is 0.494 e. The van der Waals surface area contributed by atoms with E-state index in [1.807, 2.05) is 0 Å². The number of hydrogen-bond donors (Lipinski definition) is 1. The molecule has 0 atom stereocenters. The van der Waals surface area contributed by atoms with Gasteiger partial charge in [-0.05, 0) is 51.2 Å². The van der Waals surface area contributed by atoms with E-state index in [0.29, 0.717) is 5.92 Å². The van der Waals surface area contributed by atoms with Crippen LogP contribution in [0.5, 0.6) is 0 Å². The second-order valence-electron chi connectivity index (χ2n) is 7.35. The fraction of sp³-hybridized carbons (Fsp3) is 0.647. The topological polar surface area (TPSA) is 30.5 Å². The molecule has 1 saturated heterocycles. The number of nitrogens with one attached hydrogen (secondary N) is 1. The molecule has 0 aliphatic carbocycles. The predicted molar refractivity (Wildman–Crippen MR) is 96.0 cm³/mol. The van der Waals surface area contributed by atoms with Gasteiger partial charge >= 0.3 is 7.12 Å². The number of benzene rings is 1. The van der Waals surface area contributed by atoms with E-state index in [1.54, 1.807) is 0 Å². The zero-order chi connectivity index (χ0) is 15.7. The van der Waals surface area contributed by atoms with Crippen LogP contribution in [-0.2, 0) is 15.9 Å². The fourth-order valence-electron chi connectivity index (χ4n) is 2.28. The molecule has 1 N–H and O–H groups in total. The van der Waals surface area contributed by atoms with E-state index in [-0.39, 0.29) is 30.7 Å². The van der Waals surface area contributed by atoms with Crippen LogP contribution in [0.3, 0.4) is 0 Å². The number of rotatable bonds is 5. The first kappa shape index (κ1) is 19.5. The van der Waals surface area contributed by atoms with Crippen molar-refractivity contribution >= 4 is 25.0 Å². The third-order valence-electron chi connectivity index (χ3n) is 4.39. The summed E-state index contributed by atoms with van der Waals surface area (Å²) >= 11 is 0. The minimum atomic E-state index is -0.283. The predicted octanol–water partition coefficient (Wildman–Crippen LogP) is 3.15. The zero-order valence-corrected chi connectivity index (χ0v) is 15.4. The lowest BCUT2D eigenvalue weighted by molar-refractivity contribution is 0.00578. The molecule has 0 unspecified atom stereocenters. The molecule has 0 radical (unpaired) electrons. The average molecular weight is 326 g/mol. The average Bonchev–Trinajstić information content (AvgIpc) is 2.59. The Morgan fingerprint density at radius 3 is 1.95 bits per heavy atom. The highest BCUT2D eigenvalue weighted by Crippen LogP contribution is 2.36. The standard InChI is InChI=1S/C17H28BNO2.ClH/c1-13(2)11-19-12-14-7-9-15(10-8-14)18-20-16(3,4)17(5,6)21-18;/h7-10,13,19H,11-12H2,1-6H3;1H. The Hall–Kier alpha value is -0.545. The number of halogens is 1. The third-order valence-corrected chi connectivity index (χ3v) is 4.39. The highest BCUT2D eigenvalue weighted by molar-refractivity contribution is 6.62. The Labute approximate surface area is 141 Å². The Morgan fingerprint density at radius 2 is 1.50 bits per heavy atom. The van der Waals surface area contributed by atoms with E-state index in [1.165, 1.54) is 5.56 Å². The van der Waals surface area contributed by atoms with Crippen molar-refractivity contribution in [2.75, 3.05) is 6.54 Å². The first-order chi connectivity index (χ1) is 9.71. The van der Waals surface area contributed by atoms with Crippen molar-refractivity contribution in [2.45, 2.75) is 59.3 Å². The molecule has 1 aromatic rings. The van der Waals surface area contributed by atoms with Crippen molar-refractivity contribution in [3.8, 4) is 0 Å². The zero-order valence-electron chi connectivity index (χ0n) is 14.6. The quantitative estimate of drug-likeness (QED) is 0.844. The lowest BCUT2D eigenvalue weighted by atomic mass is 9.79. The number of hydrogen-bond acceptors (Lipinski definition) is 3. The molecule has 0 amide bonds. The third kappa shape index (κ3) is 4.48. The molecule has 2 rings (SSSR count). The van der Waals surface area contributed by atoms with Gasteiger partial charge in [0.25, 0.3) is 0 Å². The highest BCUT2D eigenvalue weighted by atomic mass is 35.5. The Balaban J connectivity index is 0.00000242. The maximum atomic E-state index is 6.06. The second kappa shape index (κ2) is 7.35. The smallest absolute Gasteiger partial charge is 0.399 e. The van der Waals surface area contributed by atoms with Gasteiger partial charge in [-0.3, -0.25) is 0 Å². The molecule has 0 saturated carbocycles. The Morgan fingerprint density at radius 1 is 1.00 bits per heavy atom. The Bertz CT molecular complexity index is 458. The summed E-state index contributed by atoms with van der Waals surface area (Å²) in [4.78, 5) is 0. The van der Waals surface area contributed by atoms with Gasteiger partial charge < -0.3 is 14.6 Å². The van der Waals surface area contributed by atoms with Crippen LogP contribution in [-0.4, -0.2) is 24.9 Å². The van der Waals surface area contributed by atoms with Gasteiger partial charge in [-0.1, -0.05) is 38.1 Å². The van der Waals surface area contributed by atoms with Crippen LogP contribution >= 0.6 is 12.4 Å². The van der Waals surface area contributed by atoms with Crippen LogP contribution in [0.4, 0.5) is 0 Å². The summed E-state index contributed by atoms with van der Waals surface area (Å²) in [6.45, 7) is 14.7. The fourth-order valence-corrected chi connectivity index (χ4v) is 2.28. The second-order valence-corrected chi connectivity index (χ2v) is 7.35. The molecule has 1 aliphatic rings. The molecule has 0 spiro atoms. The van der Waals surface area contributed by atoms with E-state index in [2.05, 4.69) is 71.1 Å². The van der Waals surface area contributed by atoms with Gasteiger partial charge in [0.05, 0.1) is 11.2 Å². The van der Waals surface area contributed by atoms with Crippen molar-refractivity contribution in [1.29, 1.82) is 0 Å². The lowest BCUT2D eigenvalue weighted by Crippen LogP contribution is -2.41. The molecule has 22 heavy (non-hydrogen) atoms. The van der Waals surface area contributed by atoms with Gasteiger partial charge in [0, 0.05) is 6.54 Å².